The number of nitrogens with zero attached hydrogens (tertiary/aromatic N) is 1. The maximum absolute atomic E-state index is 13.3. The second-order valence-corrected chi connectivity index (χ2v) is 10.7. The van der Waals surface area contributed by atoms with Gasteiger partial charge < -0.3 is 5.32 Å². The molecule has 0 aliphatic heterocycles. The molecule has 0 aliphatic carbocycles. The van der Waals surface area contributed by atoms with Crippen molar-refractivity contribution in [1.29, 1.82) is 0 Å². The summed E-state index contributed by atoms with van der Waals surface area (Å²) in [6.07, 6.45) is 0. The first-order chi connectivity index (χ1) is 15.1. The van der Waals surface area contributed by atoms with E-state index in [-0.39, 0.29) is 28.8 Å². The Balaban J connectivity index is 1.80. The molecule has 1 N–H and O–H groups in total. The SMILES string of the molecule is CC(NC(=O)CN(c1ccccc1)S(=O)(=O)c1ccccc1)c1ccc(C(C)(C)C)cc1. The number of nitrogens with one attached hydrogen (secondary N) is 1. The van der Waals surface area contributed by atoms with Crippen molar-refractivity contribution in [2.75, 3.05) is 10.8 Å². The molecule has 5 nitrogen and oxygen atoms in total. The van der Waals surface area contributed by atoms with E-state index in [4.69, 9.17) is 0 Å². The number of benzene rings is 3. The summed E-state index contributed by atoms with van der Waals surface area (Å²) >= 11 is 0. The molecule has 0 heterocycles. The van der Waals surface area contributed by atoms with Crippen LogP contribution in [0.1, 0.15) is 44.9 Å². The predicted molar refractivity (Wildman–Crippen MR) is 129 cm³/mol. The lowest BCUT2D eigenvalue weighted by Gasteiger charge is -2.25. The van der Waals surface area contributed by atoms with Gasteiger partial charge in [0.05, 0.1) is 16.6 Å². The largest absolute Gasteiger partial charge is 0.348 e. The van der Waals surface area contributed by atoms with Crippen LogP contribution < -0.4 is 9.62 Å². The summed E-state index contributed by atoms with van der Waals surface area (Å²) in [5, 5.41) is 2.93. The zero-order valence-corrected chi connectivity index (χ0v) is 19.8. The van der Waals surface area contributed by atoms with Crippen molar-refractivity contribution in [3.63, 3.8) is 0 Å². The lowest BCUT2D eigenvalue weighted by Crippen LogP contribution is -2.41. The molecule has 1 unspecified atom stereocenters. The van der Waals surface area contributed by atoms with Crippen molar-refractivity contribution in [3.05, 3.63) is 96.1 Å². The molecule has 1 amide bonds. The highest BCUT2D eigenvalue weighted by atomic mass is 32.2. The Morgan fingerprint density at radius 2 is 1.41 bits per heavy atom. The van der Waals surface area contributed by atoms with E-state index in [2.05, 4.69) is 38.2 Å². The Kier molecular flexibility index (Phi) is 7.04. The van der Waals surface area contributed by atoms with E-state index in [9.17, 15) is 13.2 Å². The average molecular weight is 451 g/mol. The third kappa shape index (κ3) is 5.56. The average Bonchev–Trinajstić information content (AvgIpc) is 2.78. The molecule has 168 valence electrons. The summed E-state index contributed by atoms with van der Waals surface area (Å²) in [5.74, 6) is -0.374. The second-order valence-electron chi connectivity index (χ2n) is 8.82. The fourth-order valence-electron chi connectivity index (χ4n) is 3.40. The smallest absolute Gasteiger partial charge is 0.264 e. The number of amides is 1. The highest BCUT2D eigenvalue weighted by Gasteiger charge is 2.27. The lowest BCUT2D eigenvalue weighted by atomic mass is 9.86. The molecule has 0 fully saturated rings. The molecule has 3 aromatic rings. The highest BCUT2D eigenvalue weighted by Crippen LogP contribution is 2.25. The molecule has 0 spiro atoms. The zero-order chi connectivity index (χ0) is 23.4. The number of hydrogen-bond acceptors (Lipinski definition) is 3. The number of anilines is 1. The van der Waals surface area contributed by atoms with Crippen LogP contribution >= 0.6 is 0 Å². The van der Waals surface area contributed by atoms with Crippen molar-refractivity contribution in [3.8, 4) is 0 Å². The van der Waals surface area contributed by atoms with Crippen LogP contribution in [0.3, 0.4) is 0 Å². The molecule has 0 saturated heterocycles. The molecular weight excluding hydrogens is 420 g/mol. The van der Waals surface area contributed by atoms with Gasteiger partial charge in [-0.15, -0.1) is 0 Å². The quantitative estimate of drug-likeness (QED) is 0.547. The van der Waals surface area contributed by atoms with Gasteiger partial charge in [-0.3, -0.25) is 9.10 Å². The summed E-state index contributed by atoms with van der Waals surface area (Å²) in [7, 11) is -3.90. The first-order valence-corrected chi connectivity index (χ1v) is 12.1. The van der Waals surface area contributed by atoms with Gasteiger partial charge in [-0.2, -0.15) is 0 Å². The van der Waals surface area contributed by atoms with Crippen LogP contribution in [0, 0.1) is 0 Å². The molecule has 3 aromatic carbocycles. The summed E-state index contributed by atoms with van der Waals surface area (Å²) in [6, 6.07) is 24.7. The number of rotatable bonds is 7. The van der Waals surface area contributed by atoms with E-state index in [1.165, 1.54) is 17.7 Å². The van der Waals surface area contributed by atoms with Gasteiger partial charge in [-0.05, 0) is 47.7 Å². The summed E-state index contributed by atoms with van der Waals surface area (Å²) in [5.41, 5.74) is 2.66. The van der Waals surface area contributed by atoms with Gasteiger partial charge in [0, 0.05) is 0 Å². The van der Waals surface area contributed by atoms with Crippen molar-refractivity contribution >= 4 is 21.6 Å². The third-order valence-corrected chi connectivity index (χ3v) is 7.10. The predicted octanol–water partition coefficient (Wildman–Crippen LogP) is 5.06. The van der Waals surface area contributed by atoms with Crippen LogP contribution in [-0.4, -0.2) is 20.9 Å². The Morgan fingerprint density at radius 3 is 1.94 bits per heavy atom. The number of hydrogen-bond donors (Lipinski definition) is 1. The van der Waals surface area contributed by atoms with Gasteiger partial charge in [0.25, 0.3) is 10.0 Å². The molecule has 0 aromatic heterocycles. The van der Waals surface area contributed by atoms with E-state index in [0.29, 0.717) is 5.69 Å². The molecule has 32 heavy (non-hydrogen) atoms. The Morgan fingerprint density at radius 1 is 0.875 bits per heavy atom. The van der Waals surface area contributed by atoms with Gasteiger partial charge in [-0.25, -0.2) is 8.42 Å². The van der Waals surface area contributed by atoms with Crippen molar-refractivity contribution in [1.82, 2.24) is 5.32 Å². The maximum atomic E-state index is 13.3. The molecule has 0 radical (unpaired) electrons. The van der Waals surface area contributed by atoms with Crippen molar-refractivity contribution in [2.45, 2.75) is 44.0 Å². The monoisotopic (exact) mass is 450 g/mol. The summed E-state index contributed by atoms with van der Waals surface area (Å²) in [4.78, 5) is 13.0. The summed E-state index contributed by atoms with van der Waals surface area (Å²) < 4.78 is 27.7. The molecule has 6 heteroatoms. The van der Waals surface area contributed by atoms with Gasteiger partial charge in [0.1, 0.15) is 6.54 Å². The molecular formula is C26H30N2O3S. The number of para-hydroxylation sites is 1. The number of carbonyl (C=O) groups is 1. The van der Waals surface area contributed by atoms with E-state index in [1.807, 2.05) is 19.1 Å². The molecule has 1 atom stereocenters. The normalized spacial score (nSPS) is 12.8. The van der Waals surface area contributed by atoms with E-state index in [1.54, 1.807) is 48.5 Å². The van der Waals surface area contributed by atoms with Crippen LogP contribution in [0.15, 0.2) is 89.8 Å². The van der Waals surface area contributed by atoms with Gasteiger partial charge >= 0.3 is 0 Å². The highest BCUT2D eigenvalue weighted by molar-refractivity contribution is 7.92. The van der Waals surface area contributed by atoms with Gasteiger partial charge in [0.2, 0.25) is 5.91 Å². The lowest BCUT2D eigenvalue weighted by molar-refractivity contribution is -0.120. The van der Waals surface area contributed by atoms with E-state index < -0.39 is 10.0 Å². The molecule has 0 bridgehead atoms. The fourth-order valence-corrected chi connectivity index (χ4v) is 4.84. The third-order valence-electron chi connectivity index (χ3n) is 5.32. The van der Waals surface area contributed by atoms with Crippen molar-refractivity contribution < 1.29 is 13.2 Å². The van der Waals surface area contributed by atoms with E-state index >= 15 is 0 Å². The Hall–Kier alpha value is -3.12. The van der Waals surface area contributed by atoms with Gasteiger partial charge in [-0.1, -0.05) is 81.4 Å². The molecule has 0 saturated carbocycles. The van der Waals surface area contributed by atoms with Crippen LogP contribution in [0.4, 0.5) is 5.69 Å². The maximum Gasteiger partial charge on any atom is 0.264 e. The second kappa shape index (κ2) is 9.57. The topological polar surface area (TPSA) is 66.5 Å². The number of carbonyl (C=O) groups excluding carboxylic acids is 1. The van der Waals surface area contributed by atoms with Crippen LogP contribution in [-0.2, 0) is 20.2 Å². The molecule has 0 aliphatic rings. The van der Waals surface area contributed by atoms with Gasteiger partial charge in [0.15, 0.2) is 0 Å². The minimum absolute atomic E-state index is 0.0486. The molecule has 3 rings (SSSR count). The van der Waals surface area contributed by atoms with Crippen LogP contribution in [0.2, 0.25) is 0 Å². The Bertz CT molecular complexity index is 1140. The minimum Gasteiger partial charge on any atom is -0.348 e. The van der Waals surface area contributed by atoms with Crippen molar-refractivity contribution in [2.24, 2.45) is 0 Å². The van der Waals surface area contributed by atoms with E-state index in [0.717, 1.165) is 9.87 Å². The minimum atomic E-state index is -3.90. The zero-order valence-electron chi connectivity index (χ0n) is 18.9. The van der Waals surface area contributed by atoms with Crippen LogP contribution in [0.25, 0.3) is 0 Å². The number of sulfonamides is 1. The first-order valence-electron chi connectivity index (χ1n) is 10.6. The summed E-state index contributed by atoms with van der Waals surface area (Å²) in [6.45, 7) is 8.03. The fraction of sp³-hybridized carbons (Fsp3) is 0.269. The first kappa shape index (κ1) is 23.5. The Labute approximate surface area is 191 Å². The standard InChI is InChI=1S/C26H30N2O3S/c1-20(21-15-17-22(18-16-21)26(2,3)4)27-25(29)19-28(23-11-7-5-8-12-23)32(30,31)24-13-9-6-10-14-24/h5-18,20H,19H2,1-4H3,(H,27,29). The van der Waals surface area contributed by atoms with Crippen LogP contribution in [0.5, 0.6) is 0 Å².